The number of halogens is 1. The van der Waals surface area contributed by atoms with Crippen LogP contribution in [0.25, 0.3) is 0 Å². The molecule has 7 heteroatoms. The summed E-state index contributed by atoms with van der Waals surface area (Å²) in [4.78, 5) is 38.5. The number of carbonyl (C=O) groups is 3. The summed E-state index contributed by atoms with van der Waals surface area (Å²) >= 11 is 0. The van der Waals surface area contributed by atoms with E-state index in [0.717, 1.165) is 11.1 Å². The molecular formula is C21H21FN2O4. The summed E-state index contributed by atoms with van der Waals surface area (Å²) in [5.41, 5.74) is 2.69. The van der Waals surface area contributed by atoms with E-state index in [0.29, 0.717) is 17.8 Å². The molecule has 2 aromatic carbocycles. The van der Waals surface area contributed by atoms with Gasteiger partial charge in [-0.1, -0.05) is 18.2 Å². The summed E-state index contributed by atoms with van der Waals surface area (Å²) in [7, 11) is 0. The largest absolute Gasteiger partial charge is 0.479 e. The van der Waals surface area contributed by atoms with Crippen molar-refractivity contribution in [2.45, 2.75) is 26.3 Å². The first-order chi connectivity index (χ1) is 13.3. The Labute approximate surface area is 162 Å². The van der Waals surface area contributed by atoms with E-state index < -0.39 is 35.6 Å². The normalized spacial score (nSPS) is 17.5. The molecule has 146 valence electrons. The number of benzene rings is 2. The molecule has 0 spiro atoms. The van der Waals surface area contributed by atoms with Gasteiger partial charge in [0.05, 0.1) is 0 Å². The van der Waals surface area contributed by atoms with Gasteiger partial charge in [-0.05, 0) is 61.2 Å². The van der Waals surface area contributed by atoms with Gasteiger partial charge in [0.25, 0.3) is 0 Å². The van der Waals surface area contributed by atoms with Crippen molar-refractivity contribution in [1.29, 1.82) is 0 Å². The highest BCUT2D eigenvalue weighted by Crippen LogP contribution is 2.27. The van der Waals surface area contributed by atoms with Gasteiger partial charge in [0.1, 0.15) is 11.7 Å². The van der Waals surface area contributed by atoms with Crippen LogP contribution >= 0.6 is 0 Å². The molecule has 2 atom stereocenters. The molecule has 1 heterocycles. The number of rotatable bonds is 5. The lowest BCUT2D eigenvalue weighted by molar-refractivity contribution is -0.143. The quantitative estimate of drug-likeness (QED) is 0.776. The smallest absolute Gasteiger partial charge is 0.330 e. The van der Waals surface area contributed by atoms with Crippen LogP contribution in [0.1, 0.15) is 29.2 Å². The molecule has 3 rings (SSSR count). The van der Waals surface area contributed by atoms with Gasteiger partial charge in [-0.15, -0.1) is 0 Å². The van der Waals surface area contributed by atoms with Gasteiger partial charge in [0, 0.05) is 12.2 Å². The fraction of sp³-hybridized carbons (Fsp3) is 0.286. The molecule has 0 bridgehead atoms. The number of nitrogens with one attached hydrogen (secondary N) is 1. The summed E-state index contributed by atoms with van der Waals surface area (Å²) in [6, 6.07) is 9.46. The van der Waals surface area contributed by atoms with Crippen LogP contribution in [0.15, 0.2) is 42.5 Å². The molecule has 1 fully saturated rings. The number of amides is 2. The first kappa shape index (κ1) is 19.5. The van der Waals surface area contributed by atoms with E-state index in [4.69, 9.17) is 0 Å². The second kappa shape index (κ2) is 7.80. The van der Waals surface area contributed by atoms with Crippen LogP contribution in [0.5, 0.6) is 0 Å². The lowest BCUT2D eigenvalue weighted by atomic mass is 9.96. The van der Waals surface area contributed by atoms with Crippen LogP contribution < -0.4 is 10.2 Å². The van der Waals surface area contributed by atoms with Crippen LogP contribution in [-0.2, 0) is 14.4 Å². The minimum atomic E-state index is -1.24. The molecule has 6 nitrogen and oxygen atoms in total. The van der Waals surface area contributed by atoms with E-state index >= 15 is 0 Å². The number of hydrogen-bond donors (Lipinski definition) is 2. The van der Waals surface area contributed by atoms with E-state index in [-0.39, 0.29) is 6.42 Å². The summed E-state index contributed by atoms with van der Waals surface area (Å²) in [5.74, 6) is -3.63. The molecule has 1 saturated heterocycles. The Balaban J connectivity index is 1.77. The number of carbonyl (C=O) groups excluding carboxylic acids is 2. The standard InChI is InChI=1S/C21H21FN2O4/c1-12-4-3-5-16(13(12)2)18(21(27)28)23-19(25)17-10-11-24(20(17)26)15-8-6-14(22)7-9-15/h3-9,17-18H,10-11H2,1-2H3,(H,23,25)(H,27,28). The SMILES string of the molecule is Cc1cccc(C(NC(=O)C2CCN(c3ccc(F)cc3)C2=O)C(=O)O)c1C. The van der Waals surface area contributed by atoms with Crippen LogP contribution in [0, 0.1) is 25.6 Å². The van der Waals surface area contributed by atoms with E-state index in [1.807, 2.05) is 13.0 Å². The zero-order valence-corrected chi connectivity index (χ0v) is 15.6. The number of anilines is 1. The predicted molar refractivity (Wildman–Crippen MR) is 101 cm³/mol. The highest BCUT2D eigenvalue weighted by atomic mass is 19.1. The average Bonchev–Trinajstić information content (AvgIpc) is 3.04. The third-order valence-corrected chi connectivity index (χ3v) is 5.15. The number of aryl methyl sites for hydroxylation is 1. The average molecular weight is 384 g/mol. The summed E-state index contributed by atoms with van der Waals surface area (Å²) < 4.78 is 13.1. The van der Waals surface area contributed by atoms with Crippen molar-refractivity contribution in [1.82, 2.24) is 5.32 Å². The highest BCUT2D eigenvalue weighted by molar-refractivity contribution is 6.10. The minimum Gasteiger partial charge on any atom is -0.479 e. The second-order valence-corrected chi connectivity index (χ2v) is 6.88. The lowest BCUT2D eigenvalue weighted by Crippen LogP contribution is -2.41. The molecule has 1 aliphatic rings. The Morgan fingerprint density at radius 1 is 1.18 bits per heavy atom. The third-order valence-electron chi connectivity index (χ3n) is 5.15. The van der Waals surface area contributed by atoms with Crippen molar-refractivity contribution < 1.29 is 23.9 Å². The molecule has 2 aromatic rings. The van der Waals surface area contributed by atoms with Crippen molar-refractivity contribution in [2.24, 2.45) is 5.92 Å². The Bertz CT molecular complexity index is 927. The van der Waals surface area contributed by atoms with Gasteiger partial charge < -0.3 is 15.3 Å². The van der Waals surface area contributed by atoms with Crippen LogP contribution in [-0.4, -0.2) is 29.4 Å². The van der Waals surface area contributed by atoms with Crippen molar-refractivity contribution in [3.63, 3.8) is 0 Å². The van der Waals surface area contributed by atoms with Gasteiger partial charge in [0.2, 0.25) is 11.8 Å². The Hall–Kier alpha value is -3.22. The number of aliphatic carboxylic acids is 1. The number of carboxylic acids is 1. The second-order valence-electron chi connectivity index (χ2n) is 6.88. The minimum absolute atomic E-state index is 0.265. The van der Waals surface area contributed by atoms with Gasteiger partial charge in [0.15, 0.2) is 6.04 Å². The van der Waals surface area contributed by atoms with Crippen molar-refractivity contribution in [3.05, 3.63) is 65.0 Å². The molecule has 0 radical (unpaired) electrons. The number of nitrogens with zero attached hydrogens (tertiary/aromatic N) is 1. The number of hydrogen-bond acceptors (Lipinski definition) is 3. The molecular weight excluding hydrogens is 363 g/mol. The first-order valence-corrected chi connectivity index (χ1v) is 8.96. The highest BCUT2D eigenvalue weighted by Gasteiger charge is 2.39. The molecule has 0 aromatic heterocycles. The maximum atomic E-state index is 13.1. The maximum Gasteiger partial charge on any atom is 0.330 e. The topological polar surface area (TPSA) is 86.7 Å². The third kappa shape index (κ3) is 3.74. The number of carboxylic acid groups (broad SMARTS) is 1. The fourth-order valence-electron chi connectivity index (χ4n) is 3.40. The molecule has 2 amide bonds. The summed E-state index contributed by atoms with van der Waals surface area (Å²) in [5, 5.41) is 12.1. The van der Waals surface area contributed by atoms with Gasteiger partial charge >= 0.3 is 5.97 Å². The Morgan fingerprint density at radius 2 is 1.86 bits per heavy atom. The Kier molecular flexibility index (Phi) is 5.44. The van der Waals surface area contributed by atoms with Crippen LogP contribution in [0.3, 0.4) is 0 Å². The first-order valence-electron chi connectivity index (χ1n) is 8.96. The van der Waals surface area contributed by atoms with E-state index in [9.17, 15) is 23.9 Å². The van der Waals surface area contributed by atoms with Gasteiger partial charge in [-0.2, -0.15) is 0 Å². The predicted octanol–water partition coefficient (Wildman–Crippen LogP) is 2.74. The summed E-state index contributed by atoms with van der Waals surface area (Å²) in [6.45, 7) is 3.97. The van der Waals surface area contributed by atoms with E-state index in [1.165, 1.54) is 29.2 Å². The zero-order valence-electron chi connectivity index (χ0n) is 15.6. The van der Waals surface area contributed by atoms with Crippen molar-refractivity contribution in [3.8, 4) is 0 Å². The molecule has 0 saturated carbocycles. The lowest BCUT2D eigenvalue weighted by Gasteiger charge is -2.20. The molecule has 2 N–H and O–H groups in total. The van der Waals surface area contributed by atoms with Crippen molar-refractivity contribution >= 4 is 23.5 Å². The molecule has 28 heavy (non-hydrogen) atoms. The molecule has 1 aliphatic heterocycles. The van der Waals surface area contributed by atoms with Crippen LogP contribution in [0.2, 0.25) is 0 Å². The Morgan fingerprint density at radius 3 is 2.50 bits per heavy atom. The van der Waals surface area contributed by atoms with Gasteiger partial charge in [-0.25, -0.2) is 9.18 Å². The molecule has 0 aliphatic carbocycles. The molecule has 2 unspecified atom stereocenters. The summed E-state index contributed by atoms with van der Waals surface area (Å²) in [6.07, 6.45) is 0.265. The van der Waals surface area contributed by atoms with E-state index in [1.54, 1.807) is 19.1 Å². The maximum absolute atomic E-state index is 13.1. The zero-order chi connectivity index (χ0) is 20.4. The van der Waals surface area contributed by atoms with E-state index in [2.05, 4.69) is 5.32 Å². The monoisotopic (exact) mass is 384 g/mol. The van der Waals surface area contributed by atoms with Crippen molar-refractivity contribution in [2.75, 3.05) is 11.4 Å². The van der Waals surface area contributed by atoms with Gasteiger partial charge in [-0.3, -0.25) is 9.59 Å². The van der Waals surface area contributed by atoms with Crippen LogP contribution in [0.4, 0.5) is 10.1 Å². The fourth-order valence-corrected chi connectivity index (χ4v) is 3.40.